The van der Waals surface area contributed by atoms with Crippen LogP contribution in [0.1, 0.15) is 36.9 Å². The predicted molar refractivity (Wildman–Crippen MR) is 89.7 cm³/mol. The second-order valence-electron chi connectivity index (χ2n) is 5.51. The van der Waals surface area contributed by atoms with Gasteiger partial charge < -0.3 is 5.32 Å². The van der Waals surface area contributed by atoms with E-state index in [0.29, 0.717) is 11.3 Å². The van der Waals surface area contributed by atoms with Crippen LogP contribution in [0.15, 0.2) is 53.7 Å². The Hall–Kier alpha value is -1.32. The summed E-state index contributed by atoms with van der Waals surface area (Å²) in [7, 11) is 0. The Morgan fingerprint density at radius 1 is 1.19 bits per heavy atom. The van der Waals surface area contributed by atoms with Gasteiger partial charge in [0.15, 0.2) is 0 Å². The first-order valence-electron chi connectivity index (χ1n) is 7.76. The molecule has 2 nitrogen and oxygen atoms in total. The summed E-state index contributed by atoms with van der Waals surface area (Å²) in [5.74, 6) is 0. The molecule has 110 valence electrons. The molecule has 0 fully saturated rings. The van der Waals surface area contributed by atoms with Crippen molar-refractivity contribution < 1.29 is 0 Å². The van der Waals surface area contributed by atoms with E-state index in [2.05, 4.69) is 53.6 Å². The van der Waals surface area contributed by atoms with Crippen molar-refractivity contribution in [2.75, 3.05) is 6.54 Å². The number of nitrogens with one attached hydrogen (secondary N) is 1. The summed E-state index contributed by atoms with van der Waals surface area (Å²) in [5, 5.41) is 4.35. The van der Waals surface area contributed by atoms with Crippen LogP contribution in [-0.4, -0.2) is 16.8 Å². The van der Waals surface area contributed by atoms with Crippen LogP contribution in [0.5, 0.6) is 0 Å². The van der Waals surface area contributed by atoms with Crippen molar-refractivity contribution in [3.63, 3.8) is 0 Å². The lowest BCUT2D eigenvalue weighted by Gasteiger charge is -2.34. The monoisotopic (exact) mass is 298 g/mol. The van der Waals surface area contributed by atoms with E-state index in [4.69, 9.17) is 0 Å². The van der Waals surface area contributed by atoms with E-state index in [0.717, 1.165) is 6.54 Å². The maximum absolute atomic E-state index is 4.11. The molecule has 1 aromatic heterocycles. The van der Waals surface area contributed by atoms with Crippen LogP contribution in [-0.2, 0) is 6.42 Å². The van der Waals surface area contributed by atoms with E-state index in [-0.39, 0.29) is 0 Å². The van der Waals surface area contributed by atoms with Gasteiger partial charge in [-0.3, -0.25) is 4.98 Å². The molecule has 0 radical (unpaired) electrons. The maximum Gasteiger partial charge on any atom is 0.0447 e. The van der Waals surface area contributed by atoms with Gasteiger partial charge >= 0.3 is 0 Å². The van der Waals surface area contributed by atoms with Crippen molar-refractivity contribution >= 4 is 11.8 Å². The van der Waals surface area contributed by atoms with Gasteiger partial charge in [0.2, 0.25) is 0 Å². The molecule has 1 aromatic carbocycles. The Morgan fingerprint density at radius 3 is 2.81 bits per heavy atom. The van der Waals surface area contributed by atoms with Crippen LogP contribution in [0.2, 0.25) is 0 Å². The summed E-state index contributed by atoms with van der Waals surface area (Å²) in [4.78, 5) is 5.43. The van der Waals surface area contributed by atoms with Crippen molar-refractivity contribution in [3.8, 4) is 0 Å². The Bertz CT molecular complexity index is 570. The highest BCUT2D eigenvalue weighted by Crippen LogP contribution is 2.39. The summed E-state index contributed by atoms with van der Waals surface area (Å²) >= 11 is 1.98. The molecule has 0 aliphatic heterocycles. The second-order valence-corrected chi connectivity index (χ2v) is 6.82. The fraction of sp³-hybridized carbons (Fsp3) is 0.389. The van der Waals surface area contributed by atoms with Gasteiger partial charge in [-0.25, -0.2) is 0 Å². The largest absolute Gasteiger partial charge is 0.309 e. The number of aromatic nitrogens is 1. The van der Waals surface area contributed by atoms with Gasteiger partial charge in [-0.1, -0.05) is 31.2 Å². The molecule has 1 aliphatic carbocycles. The lowest BCUT2D eigenvalue weighted by atomic mass is 9.87. The van der Waals surface area contributed by atoms with E-state index < -0.39 is 0 Å². The summed E-state index contributed by atoms with van der Waals surface area (Å²) < 4.78 is 0. The fourth-order valence-electron chi connectivity index (χ4n) is 2.99. The summed E-state index contributed by atoms with van der Waals surface area (Å²) in [6.45, 7) is 3.30. The summed E-state index contributed by atoms with van der Waals surface area (Å²) in [6.07, 6.45) is 7.35. The number of hydrogen-bond donors (Lipinski definition) is 1. The van der Waals surface area contributed by atoms with Crippen molar-refractivity contribution in [1.29, 1.82) is 0 Å². The number of pyridine rings is 1. The minimum Gasteiger partial charge on any atom is -0.309 e. The van der Waals surface area contributed by atoms with E-state index >= 15 is 0 Å². The number of nitrogens with zero attached hydrogens (tertiary/aromatic N) is 1. The molecule has 2 unspecified atom stereocenters. The molecule has 3 heteroatoms. The third kappa shape index (κ3) is 3.47. The molecule has 1 N–H and O–H groups in total. The Kier molecular flexibility index (Phi) is 4.94. The van der Waals surface area contributed by atoms with E-state index in [1.54, 1.807) is 0 Å². The smallest absolute Gasteiger partial charge is 0.0447 e. The van der Waals surface area contributed by atoms with Crippen LogP contribution in [0.4, 0.5) is 0 Å². The fourth-order valence-corrected chi connectivity index (χ4v) is 4.23. The zero-order valence-electron chi connectivity index (χ0n) is 12.5. The van der Waals surface area contributed by atoms with Crippen LogP contribution in [0.25, 0.3) is 0 Å². The summed E-state index contributed by atoms with van der Waals surface area (Å²) in [6, 6.07) is 13.6. The van der Waals surface area contributed by atoms with Crippen molar-refractivity contribution in [1.82, 2.24) is 10.3 Å². The molecular weight excluding hydrogens is 276 g/mol. The first-order chi connectivity index (χ1) is 10.4. The Labute approximate surface area is 131 Å². The Balaban J connectivity index is 1.82. The highest BCUT2D eigenvalue weighted by molar-refractivity contribution is 8.00. The van der Waals surface area contributed by atoms with Crippen LogP contribution < -0.4 is 5.32 Å². The third-order valence-electron chi connectivity index (χ3n) is 4.01. The maximum atomic E-state index is 4.11. The molecule has 1 heterocycles. The van der Waals surface area contributed by atoms with Crippen molar-refractivity contribution in [3.05, 3.63) is 59.9 Å². The second kappa shape index (κ2) is 7.10. The molecule has 21 heavy (non-hydrogen) atoms. The van der Waals surface area contributed by atoms with Crippen LogP contribution >= 0.6 is 11.8 Å². The van der Waals surface area contributed by atoms with Gasteiger partial charge in [-0.2, -0.15) is 0 Å². The number of thioether (sulfide) groups is 1. The van der Waals surface area contributed by atoms with Crippen molar-refractivity contribution in [2.45, 2.75) is 42.4 Å². The van der Waals surface area contributed by atoms with Crippen molar-refractivity contribution in [2.24, 2.45) is 0 Å². The zero-order valence-corrected chi connectivity index (χ0v) is 13.3. The standard InChI is InChI=1S/C18H22N2S/c1-2-11-20-18-16-6-4-3-5-14(16)7-8-17(18)21-15-9-12-19-13-10-15/h3-6,9-10,12-13,17-18,20H,2,7-8,11H2,1H3. The predicted octanol–water partition coefficient (Wildman–Crippen LogP) is 4.23. The molecule has 1 aliphatic rings. The number of aryl methyl sites for hydroxylation is 1. The molecule has 3 rings (SSSR count). The lowest BCUT2D eigenvalue weighted by Crippen LogP contribution is -2.34. The third-order valence-corrected chi connectivity index (χ3v) is 5.37. The average Bonchev–Trinajstić information content (AvgIpc) is 2.55. The van der Waals surface area contributed by atoms with Gasteiger partial charge in [0.1, 0.15) is 0 Å². The molecule has 2 atom stereocenters. The minimum absolute atomic E-state index is 0.452. The average molecular weight is 298 g/mol. The number of benzene rings is 1. The SMILES string of the molecule is CCCNC1c2ccccc2CCC1Sc1ccncc1. The molecular formula is C18H22N2S. The molecule has 0 spiro atoms. The molecule has 2 aromatic rings. The van der Waals surface area contributed by atoms with Gasteiger partial charge in [0, 0.05) is 28.6 Å². The van der Waals surface area contributed by atoms with Gasteiger partial charge in [0.05, 0.1) is 0 Å². The first kappa shape index (κ1) is 14.6. The Morgan fingerprint density at radius 2 is 2.00 bits per heavy atom. The highest BCUT2D eigenvalue weighted by atomic mass is 32.2. The van der Waals surface area contributed by atoms with Gasteiger partial charge in [-0.15, -0.1) is 11.8 Å². The molecule has 0 saturated carbocycles. The van der Waals surface area contributed by atoms with E-state index in [1.165, 1.54) is 35.3 Å². The van der Waals surface area contributed by atoms with Crippen LogP contribution in [0, 0.1) is 0 Å². The zero-order chi connectivity index (χ0) is 14.5. The van der Waals surface area contributed by atoms with Gasteiger partial charge in [0.25, 0.3) is 0 Å². The summed E-state index contributed by atoms with van der Waals surface area (Å²) in [5.41, 5.74) is 3.00. The van der Waals surface area contributed by atoms with Gasteiger partial charge in [-0.05, 0) is 49.1 Å². The quantitative estimate of drug-likeness (QED) is 0.894. The first-order valence-corrected chi connectivity index (χ1v) is 8.64. The van der Waals surface area contributed by atoms with Crippen LogP contribution in [0.3, 0.4) is 0 Å². The van der Waals surface area contributed by atoms with E-state index in [1.807, 2.05) is 24.2 Å². The minimum atomic E-state index is 0.452. The molecule has 0 amide bonds. The molecule has 0 bridgehead atoms. The topological polar surface area (TPSA) is 24.9 Å². The van der Waals surface area contributed by atoms with E-state index in [9.17, 15) is 0 Å². The number of fused-ring (bicyclic) bond motifs is 1. The lowest BCUT2D eigenvalue weighted by molar-refractivity contribution is 0.472. The molecule has 0 saturated heterocycles. The number of hydrogen-bond acceptors (Lipinski definition) is 3. The highest BCUT2D eigenvalue weighted by Gasteiger charge is 2.29. The normalized spacial score (nSPS) is 21.0. The number of rotatable bonds is 5.